The maximum absolute atomic E-state index is 5.79. The summed E-state index contributed by atoms with van der Waals surface area (Å²) in [5, 5.41) is 6.13. The number of para-hydroxylation sites is 1. The van der Waals surface area contributed by atoms with Crippen LogP contribution in [-0.2, 0) is 0 Å². The van der Waals surface area contributed by atoms with E-state index in [1.807, 2.05) is 62.4 Å². The van der Waals surface area contributed by atoms with Crippen molar-refractivity contribution in [2.24, 2.45) is 10.8 Å². The van der Waals surface area contributed by atoms with Crippen LogP contribution in [0.3, 0.4) is 0 Å². The summed E-state index contributed by atoms with van der Waals surface area (Å²) < 4.78 is 5.58. The number of aryl methyl sites for hydroxylation is 1. The number of hydrogen-bond donors (Lipinski definition) is 1. The summed E-state index contributed by atoms with van der Waals surface area (Å²) in [6.07, 6.45) is 1.70. The molecule has 2 aromatic rings. The molecule has 2 rings (SSSR count). The molecule has 0 spiro atoms. The van der Waals surface area contributed by atoms with Crippen molar-refractivity contribution in [1.82, 2.24) is 0 Å². The van der Waals surface area contributed by atoms with E-state index in [4.69, 9.17) is 22.7 Å². The van der Waals surface area contributed by atoms with Gasteiger partial charge in [-0.15, -0.1) is 0 Å². The van der Waals surface area contributed by atoms with E-state index in [-0.39, 0.29) is 5.11 Å². The number of benzene rings is 2. The van der Waals surface area contributed by atoms with Crippen LogP contribution < -0.4 is 15.5 Å². The van der Waals surface area contributed by atoms with Crippen LogP contribution in [0.25, 0.3) is 0 Å². The van der Waals surface area contributed by atoms with Crippen LogP contribution in [0.15, 0.2) is 53.6 Å². The number of nitrogens with two attached hydrogens (primary N) is 1. The minimum absolute atomic E-state index is 0.191. The zero-order chi connectivity index (χ0) is 15.9. The number of thiocarbonyl (C=S) groups is 1. The maximum atomic E-state index is 5.79. The third-order valence-electron chi connectivity index (χ3n) is 2.99. The second-order valence-corrected chi connectivity index (χ2v) is 5.12. The van der Waals surface area contributed by atoms with Gasteiger partial charge in [-0.1, -0.05) is 24.3 Å². The molecule has 22 heavy (non-hydrogen) atoms. The largest absolute Gasteiger partial charge is 0.493 e. The first-order valence-electron chi connectivity index (χ1n) is 7.04. The summed E-state index contributed by atoms with van der Waals surface area (Å²) in [4.78, 5) is 0. The van der Waals surface area contributed by atoms with Gasteiger partial charge >= 0.3 is 0 Å². The zero-order valence-corrected chi connectivity index (χ0v) is 13.5. The molecule has 0 unspecified atom stereocenters. The van der Waals surface area contributed by atoms with Gasteiger partial charge in [0.05, 0.1) is 18.5 Å². The van der Waals surface area contributed by atoms with Crippen molar-refractivity contribution in [2.75, 3.05) is 11.6 Å². The molecule has 4 nitrogen and oxygen atoms in total. The van der Waals surface area contributed by atoms with Crippen LogP contribution in [0.2, 0.25) is 0 Å². The lowest BCUT2D eigenvalue weighted by Crippen LogP contribution is -2.31. The van der Waals surface area contributed by atoms with Crippen LogP contribution in [0, 0.1) is 6.92 Å². The van der Waals surface area contributed by atoms with Crippen LogP contribution in [0.4, 0.5) is 5.69 Å². The molecule has 0 atom stereocenters. The lowest BCUT2D eigenvalue weighted by atomic mass is 10.2. The number of hydrazone groups is 1. The molecule has 0 aliphatic carbocycles. The van der Waals surface area contributed by atoms with E-state index in [2.05, 4.69) is 5.10 Å². The molecule has 0 saturated carbocycles. The minimum Gasteiger partial charge on any atom is -0.493 e. The van der Waals surface area contributed by atoms with Crippen molar-refractivity contribution in [3.05, 3.63) is 59.7 Å². The van der Waals surface area contributed by atoms with Crippen molar-refractivity contribution in [2.45, 2.75) is 13.8 Å². The molecule has 114 valence electrons. The summed E-state index contributed by atoms with van der Waals surface area (Å²) in [5.41, 5.74) is 8.61. The van der Waals surface area contributed by atoms with Crippen LogP contribution in [0.5, 0.6) is 5.75 Å². The topological polar surface area (TPSA) is 50.8 Å². The molecule has 0 saturated heterocycles. The van der Waals surface area contributed by atoms with E-state index in [0.29, 0.717) is 6.61 Å². The minimum atomic E-state index is 0.191. The molecule has 0 amide bonds. The number of ether oxygens (including phenoxy) is 1. The Bertz CT molecular complexity index is 685. The van der Waals surface area contributed by atoms with Crippen molar-refractivity contribution in [3.63, 3.8) is 0 Å². The zero-order valence-electron chi connectivity index (χ0n) is 12.7. The number of hydrogen-bond acceptors (Lipinski definition) is 3. The third-order valence-corrected chi connectivity index (χ3v) is 3.16. The highest BCUT2D eigenvalue weighted by atomic mass is 32.1. The summed E-state index contributed by atoms with van der Waals surface area (Å²) in [6, 6.07) is 15.5. The standard InChI is InChI=1S/C17H19N3OS/c1-3-21-16-10-5-4-8-14(16)12-19-20(17(18)22)15-9-6-7-13(2)11-15/h4-12H,3H2,1-2H3,(H2,18,22). The van der Waals surface area contributed by atoms with E-state index < -0.39 is 0 Å². The van der Waals surface area contributed by atoms with Gasteiger partial charge in [0.25, 0.3) is 0 Å². The van der Waals surface area contributed by atoms with E-state index >= 15 is 0 Å². The van der Waals surface area contributed by atoms with Gasteiger partial charge in [-0.2, -0.15) is 5.10 Å². The lowest BCUT2D eigenvalue weighted by Gasteiger charge is -2.17. The second-order valence-electron chi connectivity index (χ2n) is 4.70. The SMILES string of the molecule is CCOc1ccccc1C=NN(C(N)=S)c1cccc(C)c1. The normalized spacial score (nSPS) is 10.6. The molecule has 0 bridgehead atoms. The monoisotopic (exact) mass is 313 g/mol. The molecule has 0 fully saturated rings. The Morgan fingerprint density at radius 3 is 2.73 bits per heavy atom. The molecule has 0 aliphatic heterocycles. The molecular formula is C17H19N3OS. The van der Waals surface area contributed by atoms with Crippen molar-refractivity contribution in [3.8, 4) is 5.75 Å². The van der Waals surface area contributed by atoms with Crippen molar-refractivity contribution >= 4 is 29.2 Å². The maximum Gasteiger partial charge on any atom is 0.191 e. The van der Waals surface area contributed by atoms with Crippen LogP contribution in [0.1, 0.15) is 18.1 Å². The van der Waals surface area contributed by atoms with Crippen molar-refractivity contribution < 1.29 is 4.74 Å². The Hall–Kier alpha value is -2.40. The van der Waals surface area contributed by atoms with Gasteiger partial charge in [-0.25, -0.2) is 5.01 Å². The average Bonchev–Trinajstić information content (AvgIpc) is 2.49. The fourth-order valence-corrected chi connectivity index (χ4v) is 2.16. The Morgan fingerprint density at radius 1 is 1.27 bits per heavy atom. The van der Waals surface area contributed by atoms with Crippen molar-refractivity contribution in [1.29, 1.82) is 0 Å². The van der Waals surface area contributed by atoms with Gasteiger partial charge in [-0.3, -0.25) is 0 Å². The smallest absolute Gasteiger partial charge is 0.191 e. The quantitative estimate of drug-likeness (QED) is 0.521. The second kappa shape index (κ2) is 7.56. The highest BCUT2D eigenvalue weighted by Crippen LogP contribution is 2.19. The Kier molecular flexibility index (Phi) is 5.49. The Labute approximate surface area is 136 Å². The van der Waals surface area contributed by atoms with E-state index in [9.17, 15) is 0 Å². The Morgan fingerprint density at radius 2 is 2.05 bits per heavy atom. The summed E-state index contributed by atoms with van der Waals surface area (Å²) in [6.45, 7) is 4.55. The van der Waals surface area contributed by atoms with E-state index in [1.54, 1.807) is 6.21 Å². The predicted octanol–water partition coefficient (Wildman–Crippen LogP) is 3.48. The van der Waals surface area contributed by atoms with Crippen LogP contribution in [-0.4, -0.2) is 17.9 Å². The van der Waals surface area contributed by atoms with Gasteiger partial charge in [-0.05, 0) is 55.9 Å². The molecule has 2 aromatic carbocycles. The average molecular weight is 313 g/mol. The van der Waals surface area contributed by atoms with Gasteiger partial charge in [0.2, 0.25) is 0 Å². The molecule has 5 heteroatoms. The van der Waals surface area contributed by atoms with Gasteiger partial charge in [0, 0.05) is 5.56 Å². The Balaban J connectivity index is 2.30. The summed E-state index contributed by atoms with van der Waals surface area (Å²) in [5.74, 6) is 0.779. The molecule has 0 radical (unpaired) electrons. The highest BCUT2D eigenvalue weighted by molar-refractivity contribution is 7.80. The fraction of sp³-hybridized carbons (Fsp3) is 0.176. The summed E-state index contributed by atoms with van der Waals surface area (Å²) in [7, 11) is 0. The summed E-state index contributed by atoms with van der Waals surface area (Å²) >= 11 is 5.10. The first-order chi connectivity index (χ1) is 10.6. The van der Waals surface area contributed by atoms with Gasteiger partial charge < -0.3 is 10.5 Å². The van der Waals surface area contributed by atoms with Gasteiger partial charge in [0.1, 0.15) is 5.75 Å². The molecule has 0 heterocycles. The molecular weight excluding hydrogens is 294 g/mol. The molecule has 0 aromatic heterocycles. The number of anilines is 1. The fourth-order valence-electron chi connectivity index (χ4n) is 2.00. The number of rotatable bonds is 5. The predicted molar refractivity (Wildman–Crippen MR) is 95.6 cm³/mol. The van der Waals surface area contributed by atoms with E-state index in [1.165, 1.54) is 5.01 Å². The number of nitrogens with zero attached hydrogens (tertiary/aromatic N) is 2. The molecule has 2 N–H and O–H groups in total. The highest BCUT2D eigenvalue weighted by Gasteiger charge is 2.08. The lowest BCUT2D eigenvalue weighted by molar-refractivity contribution is 0.340. The molecule has 0 aliphatic rings. The first-order valence-corrected chi connectivity index (χ1v) is 7.44. The van der Waals surface area contributed by atoms with Crippen LogP contribution >= 0.6 is 12.2 Å². The third kappa shape index (κ3) is 4.05. The first kappa shape index (κ1) is 16.0. The van der Waals surface area contributed by atoms with Gasteiger partial charge in [0.15, 0.2) is 5.11 Å². The van der Waals surface area contributed by atoms with E-state index in [0.717, 1.165) is 22.6 Å².